The number of nitrogens with zero attached hydrogens (tertiary/aromatic N) is 2. The molecule has 0 amide bonds. The molecule has 1 aliphatic carbocycles. The van der Waals surface area contributed by atoms with Crippen LogP contribution in [0.4, 0.5) is 5.69 Å². The van der Waals surface area contributed by atoms with Gasteiger partial charge in [-0.3, -0.25) is 5.10 Å². The highest BCUT2D eigenvalue weighted by Gasteiger charge is 2.22. The molecule has 2 aromatic rings. The van der Waals surface area contributed by atoms with Crippen molar-refractivity contribution in [2.24, 2.45) is 0 Å². The van der Waals surface area contributed by atoms with E-state index < -0.39 is 0 Å². The third-order valence-electron chi connectivity index (χ3n) is 2.62. The average Bonchev–Trinajstić information content (AvgIpc) is 2.78. The van der Waals surface area contributed by atoms with Gasteiger partial charge in [0.25, 0.3) is 0 Å². The van der Waals surface area contributed by atoms with E-state index in [4.69, 9.17) is 10.3 Å². The minimum Gasteiger partial charge on any atom is -0.394 e. The number of hydrogen-bond acceptors (Lipinski definition) is 4. The number of fused-ring (bicyclic) bond motifs is 1. The van der Waals surface area contributed by atoms with Crippen molar-refractivity contribution in [1.82, 2.24) is 15.4 Å². The number of aromatic amines is 1. The van der Waals surface area contributed by atoms with Crippen molar-refractivity contribution in [2.75, 3.05) is 5.73 Å². The van der Waals surface area contributed by atoms with Crippen LogP contribution in [0.15, 0.2) is 10.7 Å². The Balaban J connectivity index is 2.17. The van der Waals surface area contributed by atoms with Crippen molar-refractivity contribution in [3.8, 4) is 11.5 Å². The summed E-state index contributed by atoms with van der Waals surface area (Å²) < 4.78 is 5.08. The lowest BCUT2D eigenvalue weighted by atomic mass is 10.1. The summed E-state index contributed by atoms with van der Waals surface area (Å²) in [5.41, 5.74) is 9.52. The van der Waals surface area contributed by atoms with Gasteiger partial charge in [0.2, 0.25) is 5.76 Å². The van der Waals surface area contributed by atoms with Gasteiger partial charge < -0.3 is 10.3 Å². The highest BCUT2D eigenvalue weighted by atomic mass is 16.5. The predicted molar refractivity (Wildman–Crippen MR) is 50.5 cm³/mol. The standard InChI is InChI=1S/C9H10N4O/c10-6-4-11-14-9(6)8-5-2-1-3-7(5)12-13-8/h4H,1-3,10H2,(H,12,13). The fraction of sp³-hybridized carbons (Fsp3) is 0.333. The van der Waals surface area contributed by atoms with Crippen molar-refractivity contribution in [3.63, 3.8) is 0 Å². The molecule has 5 nitrogen and oxygen atoms in total. The van der Waals surface area contributed by atoms with Crippen LogP contribution in [0.3, 0.4) is 0 Å². The van der Waals surface area contributed by atoms with E-state index in [-0.39, 0.29) is 0 Å². The van der Waals surface area contributed by atoms with E-state index in [2.05, 4.69) is 15.4 Å². The summed E-state index contributed by atoms with van der Waals surface area (Å²) in [6.45, 7) is 0. The van der Waals surface area contributed by atoms with Crippen molar-refractivity contribution in [2.45, 2.75) is 19.3 Å². The summed E-state index contributed by atoms with van der Waals surface area (Å²) in [5, 5.41) is 10.9. The van der Waals surface area contributed by atoms with Gasteiger partial charge >= 0.3 is 0 Å². The van der Waals surface area contributed by atoms with E-state index in [0.29, 0.717) is 11.4 Å². The Morgan fingerprint density at radius 2 is 2.36 bits per heavy atom. The molecular formula is C9H10N4O. The number of aromatic nitrogens is 3. The molecule has 2 aromatic heterocycles. The maximum absolute atomic E-state index is 5.72. The van der Waals surface area contributed by atoms with E-state index in [1.54, 1.807) is 0 Å². The van der Waals surface area contributed by atoms with Gasteiger partial charge in [-0.1, -0.05) is 5.16 Å². The lowest BCUT2D eigenvalue weighted by Gasteiger charge is -1.94. The van der Waals surface area contributed by atoms with Crippen LogP contribution in [0.5, 0.6) is 0 Å². The summed E-state index contributed by atoms with van der Waals surface area (Å²) in [5.74, 6) is 0.587. The molecule has 0 saturated heterocycles. The third-order valence-corrected chi connectivity index (χ3v) is 2.62. The van der Waals surface area contributed by atoms with Crippen LogP contribution in [-0.4, -0.2) is 15.4 Å². The van der Waals surface area contributed by atoms with Crippen LogP contribution in [-0.2, 0) is 12.8 Å². The van der Waals surface area contributed by atoms with E-state index in [9.17, 15) is 0 Å². The Bertz CT molecular complexity index is 471. The summed E-state index contributed by atoms with van der Waals surface area (Å²) in [6, 6.07) is 0. The maximum atomic E-state index is 5.72. The minimum absolute atomic E-state index is 0.547. The van der Waals surface area contributed by atoms with E-state index >= 15 is 0 Å². The van der Waals surface area contributed by atoms with E-state index in [1.165, 1.54) is 23.9 Å². The predicted octanol–water partition coefficient (Wildman–Crippen LogP) is 1.14. The third kappa shape index (κ3) is 0.891. The molecule has 0 atom stereocenters. The minimum atomic E-state index is 0.547. The first-order valence-corrected chi connectivity index (χ1v) is 4.63. The van der Waals surface area contributed by atoms with Gasteiger partial charge in [-0.25, -0.2) is 0 Å². The maximum Gasteiger partial charge on any atom is 0.210 e. The van der Waals surface area contributed by atoms with Crippen molar-refractivity contribution < 1.29 is 4.52 Å². The first-order chi connectivity index (χ1) is 6.86. The summed E-state index contributed by atoms with van der Waals surface area (Å²) in [7, 11) is 0. The molecule has 0 fully saturated rings. The fourth-order valence-corrected chi connectivity index (χ4v) is 1.93. The molecule has 5 heteroatoms. The van der Waals surface area contributed by atoms with Gasteiger partial charge in [0.1, 0.15) is 11.4 Å². The monoisotopic (exact) mass is 190 g/mol. The number of anilines is 1. The van der Waals surface area contributed by atoms with Gasteiger partial charge in [-0.15, -0.1) is 0 Å². The van der Waals surface area contributed by atoms with Crippen LogP contribution in [0.2, 0.25) is 0 Å². The largest absolute Gasteiger partial charge is 0.394 e. The Kier molecular flexibility index (Phi) is 1.41. The first kappa shape index (κ1) is 7.61. The zero-order chi connectivity index (χ0) is 9.54. The highest BCUT2D eigenvalue weighted by molar-refractivity contribution is 5.70. The Morgan fingerprint density at radius 1 is 1.43 bits per heavy atom. The zero-order valence-electron chi connectivity index (χ0n) is 7.58. The lowest BCUT2D eigenvalue weighted by molar-refractivity contribution is 0.431. The lowest BCUT2D eigenvalue weighted by Crippen LogP contribution is -1.88. The van der Waals surface area contributed by atoms with Crippen LogP contribution in [0.1, 0.15) is 17.7 Å². The highest BCUT2D eigenvalue weighted by Crippen LogP contribution is 2.32. The second-order valence-corrected chi connectivity index (χ2v) is 3.49. The Hall–Kier alpha value is -1.78. The van der Waals surface area contributed by atoms with Crippen LogP contribution in [0, 0.1) is 0 Å². The van der Waals surface area contributed by atoms with Gasteiger partial charge in [-0.05, 0) is 19.3 Å². The Labute approximate surface area is 80.3 Å². The molecule has 0 unspecified atom stereocenters. The normalized spacial score (nSPS) is 14.6. The molecule has 72 valence electrons. The van der Waals surface area contributed by atoms with Gasteiger partial charge in [-0.2, -0.15) is 5.10 Å². The SMILES string of the molecule is Nc1cnoc1-c1n[nH]c2c1CCC2. The molecule has 0 spiro atoms. The number of nitrogens with one attached hydrogen (secondary N) is 1. The molecule has 0 aromatic carbocycles. The molecule has 14 heavy (non-hydrogen) atoms. The molecule has 0 radical (unpaired) electrons. The molecule has 2 heterocycles. The van der Waals surface area contributed by atoms with E-state index in [0.717, 1.165) is 18.5 Å². The molecule has 0 aliphatic heterocycles. The summed E-state index contributed by atoms with van der Waals surface area (Å²) in [4.78, 5) is 0. The molecular weight excluding hydrogens is 180 g/mol. The molecule has 0 saturated carbocycles. The summed E-state index contributed by atoms with van der Waals surface area (Å²) in [6.07, 6.45) is 4.79. The average molecular weight is 190 g/mol. The van der Waals surface area contributed by atoms with Gasteiger partial charge in [0.05, 0.1) is 6.20 Å². The van der Waals surface area contributed by atoms with Crippen molar-refractivity contribution in [1.29, 1.82) is 0 Å². The Morgan fingerprint density at radius 3 is 3.14 bits per heavy atom. The van der Waals surface area contributed by atoms with Crippen LogP contribution < -0.4 is 5.73 Å². The summed E-state index contributed by atoms with van der Waals surface area (Å²) >= 11 is 0. The second-order valence-electron chi connectivity index (χ2n) is 3.49. The number of H-pyrrole nitrogens is 1. The number of nitrogens with two attached hydrogens (primary N) is 1. The smallest absolute Gasteiger partial charge is 0.210 e. The molecule has 0 bridgehead atoms. The first-order valence-electron chi connectivity index (χ1n) is 4.63. The van der Waals surface area contributed by atoms with Crippen molar-refractivity contribution in [3.05, 3.63) is 17.5 Å². The van der Waals surface area contributed by atoms with Gasteiger partial charge in [0, 0.05) is 11.3 Å². The molecule has 1 aliphatic rings. The number of aryl methyl sites for hydroxylation is 1. The number of hydrogen-bond donors (Lipinski definition) is 2. The topological polar surface area (TPSA) is 80.7 Å². The van der Waals surface area contributed by atoms with Crippen LogP contribution in [0.25, 0.3) is 11.5 Å². The van der Waals surface area contributed by atoms with Gasteiger partial charge in [0.15, 0.2) is 0 Å². The fourth-order valence-electron chi connectivity index (χ4n) is 1.93. The second kappa shape index (κ2) is 2.60. The number of nitrogen functional groups attached to an aromatic ring is 1. The van der Waals surface area contributed by atoms with E-state index in [1.807, 2.05) is 0 Å². The molecule has 3 N–H and O–H groups in total. The van der Waals surface area contributed by atoms with Crippen LogP contribution >= 0.6 is 0 Å². The quantitative estimate of drug-likeness (QED) is 0.706. The molecule has 3 rings (SSSR count). The number of rotatable bonds is 1. The van der Waals surface area contributed by atoms with Crippen molar-refractivity contribution >= 4 is 5.69 Å². The zero-order valence-corrected chi connectivity index (χ0v) is 7.58.